The molecule has 2 unspecified atom stereocenters. The molecule has 5 heteroatoms. The summed E-state index contributed by atoms with van der Waals surface area (Å²) >= 11 is 4.83. The lowest BCUT2D eigenvalue weighted by Crippen LogP contribution is -2.42. The van der Waals surface area contributed by atoms with Crippen LogP contribution < -0.4 is 10.6 Å². The molecular formula is C8H14N2O2S. The molecule has 4 nitrogen and oxygen atoms in total. The van der Waals surface area contributed by atoms with Gasteiger partial charge in [-0.25, -0.2) is 0 Å². The van der Waals surface area contributed by atoms with Gasteiger partial charge in [0.1, 0.15) is 6.04 Å². The number of ether oxygens (including phenoxy) is 1. The lowest BCUT2D eigenvalue weighted by atomic mass is 10.1. The zero-order valence-corrected chi connectivity index (χ0v) is 8.61. The lowest BCUT2D eigenvalue weighted by molar-refractivity contribution is -0.123. The van der Waals surface area contributed by atoms with E-state index >= 15 is 0 Å². The van der Waals surface area contributed by atoms with Gasteiger partial charge in [0.2, 0.25) is 0 Å². The largest absolute Gasteiger partial charge is 0.376 e. The number of hydrogen-bond acceptors (Lipinski definition) is 3. The predicted molar refractivity (Wildman–Crippen MR) is 53.4 cm³/mol. The van der Waals surface area contributed by atoms with Crippen molar-refractivity contribution in [3.8, 4) is 0 Å². The Morgan fingerprint density at radius 1 is 1.62 bits per heavy atom. The summed E-state index contributed by atoms with van der Waals surface area (Å²) < 4.78 is 5.41. The van der Waals surface area contributed by atoms with Crippen molar-refractivity contribution >= 4 is 23.2 Å². The van der Waals surface area contributed by atoms with Gasteiger partial charge in [0.15, 0.2) is 5.11 Å². The molecule has 13 heavy (non-hydrogen) atoms. The van der Waals surface area contributed by atoms with Gasteiger partial charge in [-0.15, -0.1) is 0 Å². The number of carbonyl (C=O) groups excluding carboxylic acids is 1. The molecule has 1 fully saturated rings. The molecule has 0 radical (unpaired) electrons. The number of hydrogen-bond donors (Lipinski definition) is 2. The highest BCUT2D eigenvalue weighted by Gasteiger charge is 2.33. The van der Waals surface area contributed by atoms with E-state index in [1.54, 1.807) is 0 Å². The molecule has 0 spiro atoms. The van der Waals surface area contributed by atoms with Crippen LogP contribution in [0.25, 0.3) is 0 Å². The number of rotatable bonds is 4. The Morgan fingerprint density at radius 3 is 2.69 bits per heavy atom. The molecule has 1 amide bonds. The van der Waals surface area contributed by atoms with E-state index in [0.29, 0.717) is 11.7 Å². The first kappa shape index (κ1) is 10.4. The molecular weight excluding hydrogens is 188 g/mol. The van der Waals surface area contributed by atoms with E-state index in [1.807, 2.05) is 13.8 Å². The van der Waals surface area contributed by atoms with Crippen LogP contribution in [0.15, 0.2) is 0 Å². The minimum atomic E-state index is -0.322. The van der Waals surface area contributed by atoms with E-state index in [9.17, 15) is 4.79 Å². The molecule has 2 N–H and O–H groups in total. The van der Waals surface area contributed by atoms with E-state index in [2.05, 4.69) is 10.6 Å². The van der Waals surface area contributed by atoms with Crippen LogP contribution in [0.3, 0.4) is 0 Å². The van der Waals surface area contributed by atoms with Gasteiger partial charge in [-0.3, -0.25) is 4.79 Å². The summed E-state index contributed by atoms with van der Waals surface area (Å²) in [6.45, 7) is 4.50. The summed E-state index contributed by atoms with van der Waals surface area (Å²) in [4.78, 5) is 11.3. The van der Waals surface area contributed by atoms with Crippen molar-refractivity contribution < 1.29 is 9.53 Å². The zero-order valence-electron chi connectivity index (χ0n) is 7.79. The Morgan fingerprint density at radius 2 is 2.31 bits per heavy atom. The summed E-state index contributed by atoms with van der Waals surface area (Å²) in [6, 6.07) is -0.322. The van der Waals surface area contributed by atoms with E-state index in [1.165, 1.54) is 0 Å². The van der Waals surface area contributed by atoms with Crippen LogP contribution >= 0.6 is 12.2 Å². The molecule has 1 saturated heterocycles. The first-order chi connectivity index (χ1) is 6.19. The molecule has 0 saturated carbocycles. The van der Waals surface area contributed by atoms with Gasteiger partial charge in [-0.2, -0.15) is 0 Å². The number of thiocarbonyl (C=S) groups is 1. The predicted octanol–water partition coefficient (Wildman–Crippen LogP) is 0.174. The second-order valence-corrected chi connectivity index (χ2v) is 3.25. The molecule has 1 aliphatic rings. The van der Waals surface area contributed by atoms with Crippen molar-refractivity contribution in [3.05, 3.63) is 0 Å². The Hall–Kier alpha value is -0.680. The van der Waals surface area contributed by atoms with E-state index in [0.717, 1.165) is 6.42 Å². The molecule has 0 aromatic rings. The normalized spacial score (nSPS) is 24.0. The van der Waals surface area contributed by atoms with Crippen LogP contribution in [0.5, 0.6) is 0 Å². The summed E-state index contributed by atoms with van der Waals surface area (Å²) in [5, 5.41) is 5.82. The van der Waals surface area contributed by atoms with Crippen LogP contribution in [0.2, 0.25) is 0 Å². The lowest BCUT2D eigenvalue weighted by Gasteiger charge is -2.19. The SMILES string of the molecule is CCOC(CC)C1NC(=S)NC1=O. The van der Waals surface area contributed by atoms with Gasteiger partial charge in [0.25, 0.3) is 5.91 Å². The van der Waals surface area contributed by atoms with Crippen LogP contribution in [0.4, 0.5) is 0 Å². The third-order valence-corrected chi connectivity index (χ3v) is 2.18. The molecule has 74 valence electrons. The monoisotopic (exact) mass is 202 g/mol. The van der Waals surface area contributed by atoms with Crippen molar-refractivity contribution in [2.45, 2.75) is 32.4 Å². The Kier molecular flexibility index (Phi) is 3.62. The standard InChI is InChI=1S/C8H14N2O2S/c1-3-5(12-4-2)6-7(11)10-8(13)9-6/h5-6H,3-4H2,1-2H3,(H2,9,10,11,13). The van der Waals surface area contributed by atoms with Crippen LogP contribution in [0, 0.1) is 0 Å². The second-order valence-electron chi connectivity index (χ2n) is 2.84. The smallest absolute Gasteiger partial charge is 0.251 e. The van der Waals surface area contributed by atoms with Crippen molar-refractivity contribution in [1.29, 1.82) is 0 Å². The highest BCUT2D eigenvalue weighted by molar-refractivity contribution is 7.80. The second kappa shape index (κ2) is 4.53. The summed E-state index contributed by atoms with van der Waals surface area (Å²) in [5.41, 5.74) is 0. The first-order valence-corrected chi connectivity index (χ1v) is 4.82. The number of nitrogens with one attached hydrogen (secondary N) is 2. The highest BCUT2D eigenvalue weighted by atomic mass is 32.1. The zero-order chi connectivity index (χ0) is 9.84. The molecule has 1 rings (SSSR count). The molecule has 0 aromatic carbocycles. The molecule has 0 aromatic heterocycles. The minimum Gasteiger partial charge on any atom is -0.376 e. The van der Waals surface area contributed by atoms with Gasteiger partial charge in [-0.05, 0) is 25.6 Å². The maximum Gasteiger partial charge on any atom is 0.251 e. The molecule has 0 aliphatic carbocycles. The van der Waals surface area contributed by atoms with Gasteiger partial charge in [-0.1, -0.05) is 6.92 Å². The summed E-state index contributed by atoms with van der Waals surface area (Å²) in [5.74, 6) is -0.0923. The number of amides is 1. The molecule has 1 heterocycles. The van der Waals surface area contributed by atoms with E-state index < -0.39 is 0 Å². The third-order valence-electron chi connectivity index (χ3n) is 1.96. The van der Waals surface area contributed by atoms with Crippen molar-refractivity contribution in [1.82, 2.24) is 10.6 Å². The van der Waals surface area contributed by atoms with Gasteiger partial charge >= 0.3 is 0 Å². The summed E-state index contributed by atoms with van der Waals surface area (Å²) in [7, 11) is 0. The summed E-state index contributed by atoms with van der Waals surface area (Å²) in [6.07, 6.45) is 0.701. The molecule has 2 atom stereocenters. The Labute approximate surface area is 83.0 Å². The minimum absolute atomic E-state index is 0.0922. The highest BCUT2D eigenvalue weighted by Crippen LogP contribution is 2.08. The Bertz CT molecular complexity index is 220. The van der Waals surface area contributed by atoms with Crippen LogP contribution in [0.1, 0.15) is 20.3 Å². The fraction of sp³-hybridized carbons (Fsp3) is 0.750. The first-order valence-electron chi connectivity index (χ1n) is 4.42. The average Bonchev–Trinajstić information content (AvgIpc) is 2.41. The third kappa shape index (κ3) is 2.38. The van der Waals surface area contributed by atoms with Gasteiger partial charge in [0.05, 0.1) is 6.10 Å². The van der Waals surface area contributed by atoms with Crippen molar-refractivity contribution in [2.24, 2.45) is 0 Å². The fourth-order valence-corrected chi connectivity index (χ4v) is 1.59. The van der Waals surface area contributed by atoms with Crippen molar-refractivity contribution in [2.75, 3.05) is 6.61 Å². The quantitative estimate of drug-likeness (QED) is 0.638. The number of carbonyl (C=O) groups is 1. The molecule has 0 bridgehead atoms. The average molecular weight is 202 g/mol. The fourth-order valence-electron chi connectivity index (χ4n) is 1.36. The van der Waals surface area contributed by atoms with E-state index in [4.69, 9.17) is 17.0 Å². The molecule has 1 aliphatic heterocycles. The maximum absolute atomic E-state index is 11.3. The van der Waals surface area contributed by atoms with Crippen LogP contribution in [-0.4, -0.2) is 29.8 Å². The van der Waals surface area contributed by atoms with E-state index in [-0.39, 0.29) is 18.1 Å². The van der Waals surface area contributed by atoms with Crippen molar-refractivity contribution in [3.63, 3.8) is 0 Å². The Balaban J connectivity index is 2.58. The van der Waals surface area contributed by atoms with Gasteiger partial charge in [0, 0.05) is 6.61 Å². The topological polar surface area (TPSA) is 50.4 Å². The van der Waals surface area contributed by atoms with Crippen LogP contribution in [-0.2, 0) is 9.53 Å². The maximum atomic E-state index is 11.3. The van der Waals surface area contributed by atoms with Gasteiger partial charge < -0.3 is 15.4 Å².